The third-order valence-electron chi connectivity index (χ3n) is 17.3. The molecule has 11 rings (SSSR count). The highest BCUT2D eigenvalue weighted by atomic mass is 35.5. The third-order valence-corrected chi connectivity index (χ3v) is 21.0. The molecule has 6 aromatic carbocycles. The number of rotatable bonds is 18. The van der Waals surface area contributed by atoms with E-state index in [0.29, 0.717) is 97.4 Å². The molecular formula is C68H83Cl6N7O11S. The molecule has 5 saturated heterocycles. The average molecular weight is 1420 g/mol. The molecule has 0 atom stereocenters. The molecule has 0 aliphatic carbocycles. The first-order valence-corrected chi connectivity index (χ1v) is 35.0. The fourth-order valence-electron chi connectivity index (χ4n) is 12.1. The van der Waals surface area contributed by atoms with E-state index >= 15 is 0 Å². The minimum absolute atomic E-state index is 0. The monoisotopic (exact) mass is 1420 g/mol. The minimum Gasteiger partial charge on any atom is -0.497 e. The third kappa shape index (κ3) is 21.0. The van der Waals surface area contributed by atoms with Gasteiger partial charge in [0.1, 0.15) is 41.3 Å². The lowest BCUT2D eigenvalue weighted by atomic mass is 9.98. The molecule has 0 unspecified atom stereocenters. The number of piperidine rings is 5. The summed E-state index contributed by atoms with van der Waals surface area (Å²) >= 11 is 36.1. The Morgan fingerprint density at radius 2 is 0.914 bits per heavy atom. The van der Waals surface area contributed by atoms with Crippen LogP contribution >= 0.6 is 69.6 Å². The topological polar surface area (TPSA) is 200 Å². The highest BCUT2D eigenvalue weighted by molar-refractivity contribution is 7.87. The van der Waals surface area contributed by atoms with E-state index in [2.05, 4.69) is 24.7 Å². The number of halogens is 6. The van der Waals surface area contributed by atoms with Crippen LogP contribution in [0.2, 0.25) is 30.1 Å². The molecule has 0 saturated carbocycles. The maximum Gasteiger partial charge on any atom is 0.335 e. The first-order valence-electron chi connectivity index (χ1n) is 31.2. The summed E-state index contributed by atoms with van der Waals surface area (Å²) in [5.74, 6) is 1.08. The van der Waals surface area contributed by atoms with Crippen molar-refractivity contribution in [2.24, 2.45) is 0 Å². The van der Waals surface area contributed by atoms with Crippen molar-refractivity contribution in [1.29, 1.82) is 0 Å². The zero-order valence-electron chi connectivity index (χ0n) is 51.6. The largest absolute Gasteiger partial charge is 0.497 e. The Bertz CT molecular complexity index is 3620. The SMILES string of the molecule is COc1cccc(C(=O)NCCN2CCC(Oc3ccc(Cl)c(Cl)c3)CC2)c1.O=C(NS(=O)(=O)N1CCC(N2CCC(Oc3ccc(Cl)c(Cl)c3)CC2)CC1)c1ccccc1.O=C(O)c1cccc(C(=O)N2CCC(N3CCC(Oc4ccc(Cl)c(Cl)c4)CC3)CC2)c1.[HH].[HH].[HH]. The fourth-order valence-corrected chi connectivity index (χ4v) is 14.1. The number of carbonyl (C=O) groups is 4. The maximum atomic E-state index is 12.8. The smallest absolute Gasteiger partial charge is 0.335 e. The van der Waals surface area contributed by atoms with Crippen LogP contribution in [-0.2, 0) is 10.2 Å². The number of carboxylic acids is 1. The molecule has 5 fully saturated rings. The van der Waals surface area contributed by atoms with Gasteiger partial charge in [-0.05, 0) is 149 Å². The summed E-state index contributed by atoms with van der Waals surface area (Å²) in [6, 6.07) is 38.5. The van der Waals surface area contributed by atoms with Crippen molar-refractivity contribution in [2.45, 2.75) is 94.6 Å². The molecule has 6 aromatic rings. The number of hydrogen-bond acceptors (Lipinski definition) is 13. The van der Waals surface area contributed by atoms with Gasteiger partial charge in [0, 0.05) is 130 Å². The van der Waals surface area contributed by atoms with E-state index in [-0.39, 0.29) is 40.0 Å². The number of carboxylic acid groups (broad SMARTS) is 1. The molecule has 0 aromatic heterocycles. The van der Waals surface area contributed by atoms with Crippen LogP contribution in [0.4, 0.5) is 0 Å². The molecule has 3 N–H and O–H groups in total. The fraction of sp³-hybridized carbons (Fsp3) is 0.412. The van der Waals surface area contributed by atoms with E-state index in [1.165, 1.54) is 16.4 Å². The van der Waals surface area contributed by atoms with Crippen LogP contribution in [0.25, 0.3) is 0 Å². The summed E-state index contributed by atoms with van der Waals surface area (Å²) in [5, 5.41) is 15.2. The Morgan fingerprint density at radius 3 is 1.39 bits per heavy atom. The Balaban J connectivity index is 0.000000225. The summed E-state index contributed by atoms with van der Waals surface area (Å²) < 4.78 is 52.2. The van der Waals surface area contributed by atoms with E-state index < -0.39 is 22.1 Å². The lowest BCUT2D eigenvalue weighted by molar-refractivity contribution is 0.0425. The summed E-state index contributed by atoms with van der Waals surface area (Å²) in [6.45, 7) is 9.15. The number of methoxy groups -OCH3 is 1. The second-order valence-corrected chi connectivity index (χ2v) is 27.5. The van der Waals surface area contributed by atoms with Gasteiger partial charge in [0.15, 0.2) is 0 Å². The van der Waals surface area contributed by atoms with Gasteiger partial charge in [-0.15, -0.1) is 0 Å². The average Bonchev–Trinajstić information content (AvgIpc) is 1.37. The molecule has 5 heterocycles. The second-order valence-electron chi connectivity index (χ2n) is 23.4. The Labute approximate surface area is 578 Å². The Morgan fingerprint density at radius 1 is 0.473 bits per heavy atom. The summed E-state index contributed by atoms with van der Waals surface area (Å²) in [6.07, 6.45) is 9.30. The number of nitrogens with one attached hydrogen (secondary N) is 2. The normalized spacial score (nSPS) is 17.8. The quantitative estimate of drug-likeness (QED) is 0.0734. The second kappa shape index (κ2) is 34.6. The van der Waals surface area contributed by atoms with Crippen molar-refractivity contribution in [2.75, 3.05) is 85.6 Å². The number of ether oxygens (including phenoxy) is 4. The van der Waals surface area contributed by atoms with Crippen molar-refractivity contribution in [3.63, 3.8) is 0 Å². The molecule has 0 spiro atoms. The van der Waals surface area contributed by atoms with Gasteiger partial charge in [0.25, 0.3) is 17.7 Å². The number of benzene rings is 6. The standard InChI is InChI=1S/C24H26Cl2N2O4.C23H27Cl2N3O4S.C21H24Cl2N2O3.3H2/c25-21-5-4-20(15-22(21)26)32-19-8-12-27(13-9-19)18-6-10-28(11-7-18)23(29)16-2-1-3-17(14-16)24(30)31;24-21-7-6-20(16-22(21)25)32-19-10-12-27(13-11-19)18-8-14-28(15-9-18)33(30,31)26-23(29)17-4-2-1-3-5-17;1-27-17-4-2-3-15(13-17)21(26)24-9-12-25-10-7-16(8-11-25)28-18-5-6-19(22)20(23)14-18;;;/h1-5,14-15,18-19H,6-13H2,(H,30,31);1-7,16,18-19H,8-15H2,(H,26,29);2-6,13-14,16H,7-12H2,1H3,(H,24,26);3*1H. The van der Waals surface area contributed by atoms with Gasteiger partial charge >= 0.3 is 16.2 Å². The first kappa shape index (κ1) is 71.2. The molecule has 3 amide bonds. The highest BCUT2D eigenvalue weighted by Gasteiger charge is 2.35. The number of carbonyl (C=O) groups excluding carboxylic acids is 3. The zero-order valence-corrected chi connectivity index (χ0v) is 56.9. The molecule has 504 valence electrons. The van der Waals surface area contributed by atoms with E-state index in [0.717, 1.165) is 127 Å². The number of likely N-dealkylation sites (tertiary alicyclic amines) is 4. The molecule has 5 aliphatic rings. The van der Waals surface area contributed by atoms with Crippen LogP contribution in [0.15, 0.2) is 133 Å². The van der Waals surface area contributed by atoms with Crippen molar-refractivity contribution in [3.8, 4) is 23.0 Å². The molecule has 18 nitrogen and oxygen atoms in total. The zero-order chi connectivity index (χ0) is 66.0. The first-order chi connectivity index (χ1) is 44.8. The summed E-state index contributed by atoms with van der Waals surface area (Å²) in [5.41, 5.74) is 1.50. The highest BCUT2D eigenvalue weighted by Crippen LogP contribution is 2.33. The van der Waals surface area contributed by atoms with Crippen LogP contribution in [0.5, 0.6) is 23.0 Å². The van der Waals surface area contributed by atoms with Gasteiger partial charge in [0.2, 0.25) is 0 Å². The predicted octanol–water partition coefficient (Wildman–Crippen LogP) is 13.8. The van der Waals surface area contributed by atoms with Crippen LogP contribution < -0.4 is 29.0 Å². The molecule has 0 bridgehead atoms. The van der Waals surface area contributed by atoms with Gasteiger partial charge in [-0.3, -0.25) is 19.3 Å². The van der Waals surface area contributed by atoms with Crippen molar-refractivity contribution in [1.82, 2.24) is 33.9 Å². The van der Waals surface area contributed by atoms with Gasteiger partial charge in [0.05, 0.1) is 42.8 Å². The lowest BCUT2D eigenvalue weighted by Gasteiger charge is -2.41. The van der Waals surface area contributed by atoms with E-state index in [1.54, 1.807) is 98.1 Å². The van der Waals surface area contributed by atoms with Gasteiger partial charge in [-0.25, -0.2) is 9.52 Å². The van der Waals surface area contributed by atoms with Crippen LogP contribution in [0.3, 0.4) is 0 Å². The predicted molar refractivity (Wildman–Crippen MR) is 371 cm³/mol. The maximum absolute atomic E-state index is 12.8. The molecule has 0 radical (unpaired) electrons. The minimum atomic E-state index is -3.86. The number of nitrogens with zero attached hydrogens (tertiary/aromatic N) is 5. The summed E-state index contributed by atoms with van der Waals surface area (Å²) in [7, 11) is -2.27. The van der Waals surface area contributed by atoms with Crippen LogP contribution in [-0.4, -0.2) is 177 Å². The number of hydrogen-bond donors (Lipinski definition) is 3. The molecular weight excluding hydrogens is 1340 g/mol. The summed E-state index contributed by atoms with van der Waals surface area (Å²) in [4.78, 5) is 57.6. The van der Waals surface area contributed by atoms with E-state index in [9.17, 15) is 27.6 Å². The van der Waals surface area contributed by atoms with Crippen molar-refractivity contribution < 1.29 is 55.9 Å². The number of aromatic carboxylic acids is 1. The van der Waals surface area contributed by atoms with Gasteiger partial charge in [-0.1, -0.05) is 99.9 Å². The van der Waals surface area contributed by atoms with Crippen LogP contribution in [0, 0.1) is 0 Å². The van der Waals surface area contributed by atoms with Gasteiger partial charge < -0.3 is 44.1 Å². The van der Waals surface area contributed by atoms with Crippen LogP contribution in [0.1, 0.15) is 110 Å². The van der Waals surface area contributed by atoms with Crippen molar-refractivity contribution >= 4 is 104 Å². The van der Waals surface area contributed by atoms with E-state index in [4.69, 9.17) is 93.7 Å². The van der Waals surface area contributed by atoms with Gasteiger partial charge in [-0.2, -0.15) is 12.7 Å². The lowest BCUT2D eigenvalue weighted by Crippen LogP contribution is -2.52. The Kier molecular flexibility index (Phi) is 26.5. The van der Waals surface area contributed by atoms with E-state index in [1.807, 2.05) is 35.2 Å². The number of amides is 3. The molecule has 5 aliphatic heterocycles. The molecule has 25 heteroatoms. The van der Waals surface area contributed by atoms with Crippen molar-refractivity contribution in [3.05, 3.63) is 186 Å². The Hall–Kier alpha value is -6.07. The molecule has 93 heavy (non-hydrogen) atoms.